The van der Waals surface area contributed by atoms with Crippen LogP contribution in [0.15, 0.2) is 23.1 Å². The van der Waals surface area contributed by atoms with Gasteiger partial charge in [0, 0.05) is 38.3 Å². The molecule has 0 spiro atoms. The molecule has 1 aromatic rings. The number of halogens is 1. The molecule has 0 saturated carbocycles. The number of carbonyl (C=O) groups excluding carboxylic acids is 1. The molecule has 0 aromatic heterocycles. The minimum Gasteiger partial charge on any atom is -0.342 e. The lowest BCUT2D eigenvalue weighted by atomic mass is 10.0. The van der Waals surface area contributed by atoms with Crippen molar-refractivity contribution in [3.63, 3.8) is 0 Å². The van der Waals surface area contributed by atoms with E-state index in [0.717, 1.165) is 5.56 Å². The van der Waals surface area contributed by atoms with Crippen LogP contribution in [0.4, 0.5) is 0 Å². The molecule has 2 N–H and O–H groups in total. The molecule has 0 aliphatic heterocycles. The Morgan fingerprint density at radius 3 is 2.22 bits per heavy atom. The van der Waals surface area contributed by atoms with Crippen LogP contribution in [-0.2, 0) is 10.0 Å². The molecule has 1 atom stereocenters. The van der Waals surface area contributed by atoms with Crippen molar-refractivity contribution >= 4 is 28.3 Å². The predicted octanol–water partition coefficient (Wildman–Crippen LogP) is 2.89. The molecular weight excluding hydrogens is 386 g/mol. The predicted molar refractivity (Wildman–Crippen MR) is 113 cm³/mol. The van der Waals surface area contributed by atoms with E-state index in [0.29, 0.717) is 37.5 Å². The molecule has 156 valence electrons. The summed E-state index contributed by atoms with van der Waals surface area (Å²) >= 11 is 0. The van der Waals surface area contributed by atoms with E-state index in [-0.39, 0.29) is 29.3 Å². The molecule has 1 rings (SSSR count). The normalized spacial score (nSPS) is 12.8. The molecule has 0 fully saturated rings. The minimum absolute atomic E-state index is 0. The Hall–Kier alpha value is -1.15. The highest BCUT2D eigenvalue weighted by Crippen LogP contribution is 2.21. The quantitative estimate of drug-likeness (QED) is 0.666. The Kier molecular flexibility index (Phi) is 10.5. The first-order chi connectivity index (χ1) is 12.1. The van der Waals surface area contributed by atoms with Gasteiger partial charge in [-0.15, -0.1) is 12.4 Å². The number of nitrogens with two attached hydrogens (primary N) is 1. The molecule has 0 aliphatic rings. The first kappa shape index (κ1) is 25.9. The fourth-order valence-corrected chi connectivity index (χ4v) is 4.17. The number of rotatable bonds is 9. The summed E-state index contributed by atoms with van der Waals surface area (Å²) in [6.07, 6.45) is 0.705. The van der Waals surface area contributed by atoms with Gasteiger partial charge in [-0.2, -0.15) is 4.31 Å². The van der Waals surface area contributed by atoms with Gasteiger partial charge in [-0.3, -0.25) is 4.79 Å². The minimum atomic E-state index is -3.59. The van der Waals surface area contributed by atoms with Gasteiger partial charge < -0.3 is 10.6 Å². The largest absolute Gasteiger partial charge is 0.342 e. The van der Waals surface area contributed by atoms with Gasteiger partial charge in [-0.25, -0.2) is 8.42 Å². The van der Waals surface area contributed by atoms with Gasteiger partial charge in [0.15, 0.2) is 0 Å². The van der Waals surface area contributed by atoms with E-state index in [4.69, 9.17) is 5.73 Å². The van der Waals surface area contributed by atoms with Gasteiger partial charge in [-0.05, 0) is 37.0 Å². The summed E-state index contributed by atoms with van der Waals surface area (Å²) in [7, 11) is -1.87. The Balaban J connectivity index is 0.00000676. The van der Waals surface area contributed by atoms with E-state index in [1.165, 1.54) is 10.4 Å². The van der Waals surface area contributed by atoms with E-state index >= 15 is 0 Å². The van der Waals surface area contributed by atoms with Crippen molar-refractivity contribution < 1.29 is 13.2 Å². The van der Waals surface area contributed by atoms with Crippen molar-refractivity contribution in [2.45, 2.75) is 52.0 Å². The average Bonchev–Trinajstić information content (AvgIpc) is 2.59. The van der Waals surface area contributed by atoms with Gasteiger partial charge >= 0.3 is 0 Å². The Morgan fingerprint density at radius 1 is 1.19 bits per heavy atom. The smallest absolute Gasteiger partial charge is 0.253 e. The summed E-state index contributed by atoms with van der Waals surface area (Å²) in [5, 5.41) is 0. The molecule has 27 heavy (non-hydrogen) atoms. The lowest BCUT2D eigenvalue weighted by Crippen LogP contribution is -2.35. The van der Waals surface area contributed by atoms with Crippen molar-refractivity contribution in [2.24, 2.45) is 11.7 Å². The molecule has 0 heterocycles. The second-order valence-electron chi connectivity index (χ2n) is 6.99. The SMILES string of the molecule is CCN(CC)S(=O)(=O)c1ccc(C)c(C(=O)N(C)CCC(N)C(C)C)c1.Cl. The monoisotopic (exact) mass is 419 g/mol. The number of carbonyl (C=O) groups is 1. The molecule has 1 aromatic carbocycles. The maximum absolute atomic E-state index is 12.8. The van der Waals surface area contributed by atoms with Gasteiger partial charge in [0.25, 0.3) is 5.91 Å². The standard InChI is InChI=1S/C19H33N3O3S.ClH/c1-7-22(8-2)26(24,25)16-10-9-15(5)17(13-16)19(23)21(6)12-11-18(20)14(3)4;/h9-10,13-14,18H,7-8,11-12,20H2,1-6H3;1H. The summed E-state index contributed by atoms with van der Waals surface area (Å²) < 4.78 is 26.8. The van der Waals surface area contributed by atoms with E-state index in [9.17, 15) is 13.2 Å². The van der Waals surface area contributed by atoms with Gasteiger partial charge in [-0.1, -0.05) is 33.8 Å². The molecule has 0 aliphatic carbocycles. The summed E-state index contributed by atoms with van der Waals surface area (Å²) in [6, 6.07) is 4.77. The van der Waals surface area contributed by atoms with Crippen molar-refractivity contribution in [1.29, 1.82) is 0 Å². The van der Waals surface area contributed by atoms with Crippen LogP contribution in [0.3, 0.4) is 0 Å². The van der Waals surface area contributed by atoms with Gasteiger partial charge in [0.1, 0.15) is 0 Å². The lowest BCUT2D eigenvalue weighted by molar-refractivity contribution is 0.0788. The molecule has 0 bridgehead atoms. The van der Waals surface area contributed by atoms with E-state index in [2.05, 4.69) is 13.8 Å². The molecular formula is C19H34ClN3O3S. The number of hydrogen-bond acceptors (Lipinski definition) is 4. The zero-order chi connectivity index (χ0) is 20.1. The number of nitrogens with zero attached hydrogens (tertiary/aromatic N) is 2. The van der Waals surface area contributed by atoms with Crippen molar-refractivity contribution in [3.05, 3.63) is 29.3 Å². The zero-order valence-electron chi connectivity index (χ0n) is 17.2. The second kappa shape index (κ2) is 11.0. The van der Waals surface area contributed by atoms with E-state index in [1.807, 2.05) is 6.92 Å². The maximum Gasteiger partial charge on any atom is 0.253 e. The van der Waals surface area contributed by atoms with Crippen LogP contribution in [0, 0.1) is 12.8 Å². The Morgan fingerprint density at radius 2 is 1.74 bits per heavy atom. The highest BCUT2D eigenvalue weighted by molar-refractivity contribution is 7.89. The average molecular weight is 420 g/mol. The summed E-state index contributed by atoms with van der Waals surface area (Å²) in [4.78, 5) is 14.6. The molecule has 1 unspecified atom stereocenters. The fourth-order valence-electron chi connectivity index (χ4n) is 2.69. The number of aryl methyl sites for hydroxylation is 1. The lowest BCUT2D eigenvalue weighted by Gasteiger charge is -2.23. The van der Waals surface area contributed by atoms with Gasteiger partial charge in [0.2, 0.25) is 10.0 Å². The van der Waals surface area contributed by atoms with Crippen molar-refractivity contribution in [2.75, 3.05) is 26.7 Å². The molecule has 0 saturated heterocycles. The van der Waals surface area contributed by atoms with Crippen LogP contribution in [0.25, 0.3) is 0 Å². The second-order valence-corrected chi connectivity index (χ2v) is 8.93. The summed E-state index contributed by atoms with van der Waals surface area (Å²) in [6.45, 7) is 10.8. The van der Waals surface area contributed by atoms with Crippen LogP contribution in [0.1, 0.15) is 50.0 Å². The van der Waals surface area contributed by atoms with E-state index in [1.54, 1.807) is 37.9 Å². The third-order valence-electron chi connectivity index (χ3n) is 4.78. The first-order valence-electron chi connectivity index (χ1n) is 9.18. The van der Waals surface area contributed by atoms with Gasteiger partial charge in [0.05, 0.1) is 4.90 Å². The molecule has 0 radical (unpaired) electrons. The highest BCUT2D eigenvalue weighted by atomic mass is 35.5. The molecule has 1 amide bonds. The Bertz CT molecular complexity index is 719. The van der Waals surface area contributed by atoms with Crippen LogP contribution < -0.4 is 5.73 Å². The Labute approximate surface area is 170 Å². The number of benzene rings is 1. The number of hydrogen-bond donors (Lipinski definition) is 1. The van der Waals surface area contributed by atoms with Crippen LogP contribution >= 0.6 is 12.4 Å². The van der Waals surface area contributed by atoms with Crippen LogP contribution in [0.2, 0.25) is 0 Å². The first-order valence-corrected chi connectivity index (χ1v) is 10.6. The summed E-state index contributed by atoms with van der Waals surface area (Å²) in [5.41, 5.74) is 7.23. The van der Waals surface area contributed by atoms with E-state index < -0.39 is 10.0 Å². The molecule has 6 nitrogen and oxygen atoms in total. The van der Waals surface area contributed by atoms with Crippen LogP contribution in [0.5, 0.6) is 0 Å². The topological polar surface area (TPSA) is 83.7 Å². The van der Waals surface area contributed by atoms with Crippen molar-refractivity contribution in [3.8, 4) is 0 Å². The third-order valence-corrected chi connectivity index (χ3v) is 6.83. The number of sulfonamides is 1. The highest BCUT2D eigenvalue weighted by Gasteiger charge is 2.24. The maximum atomic E-state index is 12.8. The summed E-state index contributed by atoms with van der Waals surface area (Å²) in [5.74, 6) is 0.165. The van der Waals surface area contributed by atoms with Crippen molar-refractivity contribution in [1.82, 2.24) is 9.21 Å². The zero-order valence-corrected chi connectivity index (χ0v) is 18.9. The fraction of sp³-hybridized carbons (Fsp3) is 0.632. The third kappa shape index (κ3) is 6.45. The molecule has 8 heteroatoms. The number of amides is 1. The van der Waals surface area contributed by atoms with Crippen LogP contribution in [-0.4, -0.2) is 56.3 Å².